The van der Waals surface area contributed by atoms with E-state index in [4.69, 9.17) is 0 Å². The highest BCUT2D eigenvalue weighted by Crippen LogP contribution is 2.25. The van der Waals surface area contributed by atoms with Crippen molar-refractivity contribution >= 4 is 17.7 Å². The summed E-state index contributed by atoms with van der Waals surface area (Å²) in [5.41, 5.74) is 1.59. The Hall–Kier alpha value is -2.03. The lowest BCUT2D eigenvalue weighted by Crippen LogP contribution is -2.13. The largest absolute Gasteiger partial charge is 0.468 e. The number of aromatic nitrogens is 6. The van der Waals surface area contributed by atoms with Crippen LogP contribution in [0, 0.1) is 13.8 Å². The topological polar surface area (TPSA) is 95.7 Å². The molecule has 9 heteroatoms. The molecule has 0 aliphatic heterocycles. The summed E-state index contributed by atoms with van der Waals surface area (Å²) in [5.74, 6) is -0.416. The van der Waals surface area contributed by atoms with E-state index >= 15 is 0 Å². The molecule has 0 aromatic carbocycles. The maximum absolute atomic E-state index is 11.2. The Labute approximate surface area is 113 Å². The second-order valence-electron chi connectivity index (χ2n) is 3.70. The molecule has 0 saturated carbocycles. The number of hydrogen-bond donors (Lipinski definition) is 0. The van der Waals surface area contributed by atoms with Gasteiger partial charge in [-0.15, -0.1) is 5.10 Å². The number of carbonyl (C=O) groups excluding carboxylic acids is 1. The molecule has 2 rings (SSSR count). The Morgan fingerprint density at radius 3 is 3.00 bits per heavy atom. The van der Waals surface area contributed by atoms with Crippen molar-refractivity contribution in [2.45, 2.75) is 30.6 Å². The fourth-order valence-electron chi connectivity index (χ4n) is 1.25. The molecule has 0 amide bonds. The summed E-state index contributed by atoms with van der Waals surface area (Å²) in [4.78, 5) is 19.8. The highest BCUT2D eigenvalue weighted by molar-refractivity contribution is 7.99. The van der Waals surface area contributed by atoms with E-state index in [0.29, 0.717) is 10.2 Å². The number of nitrogens with zero attached hydrogens (tertiary/aromatic N) is 6. The third-order valence-corrected chi connectivity index (χ3v) is 3.28. The van der Waals surface area contributed by atoms with Gasteiger partial charge in [-0.05, 0) is 36.0 Å². The van der Waals surface area contributed by atoms with Gasteiger partial charge < -0.3 is 4.74 Å². The Bertz CT molecular complexity index is 599. The number of aryl methyl sites for hydroxylation is 2. The van der Waals surface area contributed by atoms with Crippen molar-refractivity contribution in [2.75, 3.05) is 7.11 Å². The van der Waals surface area contributed by atoms with Crippen LogP contribution < -0.4 is 0 Å². The molecule has 0 saturated heterocycles. The van der Waals surface area contributed by atoms with Gasteiger partial charge in [0.15, 0.2) is 0 Å². The van der Waals surface area contributed by atoms with Gasteiger partial charge in [-0.25, -0.2) is 9.67 Å². The number of tetrazole rings is 1. The van der Waals surface area contributed by atoms with Crippen molar-refractivity contribution in [3.8, 4) is 0 Å². The minimum atomic E-state index is -0.416. The number of carbonyl (C=O) groups is 1. The van der Waals surface area contributed by atoms with Gasteiger partial charge in [0, 0.05) is 6.20 Å². The second-order valence-corrected chi connectivity index (χ2v) is 4.66. The number of rotatable bonds is 4. The number of hydrogen-bond acceptors (Lipinski definition) is 8. The highest BCUT2D eigenvalue weighted by Gasteiger charge is 2.14. The normalized spacial score (nSPS) is 10.5. The molecule has 0 aliphatic carbocycles. The van der Waals surface area contributed by atoms with Crippen LogP contribution in [0.1, 0.15) is 11.4 Å². The minimum Gasteiger partial charge on any atom is -0.468 e. The zero-order chi connectivity index (χ0) is 13.8. The predicted octanol–water partition coefficient (Wildman–Crippen LogP) is 0.404. The molecule has 0 radical (unpaired) electrons. The molecule has 0 bridgehead atoms. The third-order valence-electron chi connectivity index (χ3n) is 2.23. The summed E-state index contributed by atoms with van der Waals surface area (Å²) in [7, 11) is 1.32. The van der Waals surface area contributed by atoms with Crippen LogP contribution in [0.25, 0.3) is 0 Å². The summed E-state index contributed by atoms with van der Waals surface area (Å²) >= 11 is 1.26. The fourth-order valence-corrected chi connectivity index (χ4v) is 2.10. The van der Waals surface area contributed by atoms with Crippen molar-refractivity contribution in [2.24, 2.45) is 0 Å². The van der Waals surface area contributed by atoms with E-state index in [2.05, 4.69) is 30.2 Å². The Morgan fingerprint density at radius 1 is 1.47 bits per heavy atom. The van der Waals surface area contributed by atoms with E-state index < -0.39 is 5.97 Å². The van der Waals surface area contributed by atoms with Crippen LogP contribution in [-0.2, 0) is 16.1 Å². The van der Waals surface area contributed by atoms with Crippen LogP contribution in [0.15, 0.2) is 16.4 Å². The SMILES string of the molecule is COC(=O)Cn1nnnc1Sc1nc(C)cnc1C. The van der Waals surface area contributed by atoms with Crippen molar-refractivity contribution in [3.05, 3.63) is 17.6 Å². The van der Waals surface area contributed by atoms with Crippen LogP contribution in [0.5, 0.6) is 0 Å². The number of ether oxygens (including phenoxy) is 1. The summed E-state index contributed by atoms with van der Waals surface area (Å²) in [5, 5.41) is 12.3. The highest BCUT2D eigenvalue weighted by atomic mass is 32.2. The third kappa shape index (κ3) is 3.25. The van der Waals surface area contributed by atoms with E-state index in [0.717, 1.165) is 11.4 Å². The van der Waals surface area contributed by atoms with Gasteiger partial charge in [0.1, 0.15) is 11.6 Å². The van der Waals surface area contributed by atoms with Gasteiger partial charge in [0.05, 0.1) is 18.5 Å². The van der Waals surface area contributed by atoms with Gasteiger partial charge in [-0.3, -0.25) is 9.78 Å². The Kier molecular flexibility index (Phi) is 4.05. The predicted molar refractivity (Wildman–Crippen MR) is 65.5 cm³/mol. The number of esters is 1. The van der Waals surface area contributed by atoms with Crippen molar-refractivity contribution < 1.29 is 9.53 Å². The first kappa shape index (κ1) is 13.4. The van der Waals surface area contributed by atoms with E-state index in [9.17, 15) is 4.79 Å². The van der Waals surface area contributed by atoms with E-state index in [-0.39, 0.29) is 6.54 Å². The first-order valence-corrected chi connectivity index (χ1v) is 6.23. The van der Waals surface area contributed by atoms with E-state index in [1.54, 1.807) is 6.20 Å². The van der Waals surface area contributed by atoms with Crippen molar-refractivity contribution in [1.29, 1.82) is 0 Å². The molecule has 19 heavy (non-hydrogen) atoms. The molecular formula is C10H12N6O2S. The average Bonchev–Trinajstić information content (AvgIpc) is 2.81. The maximum Gasteiger partial charge on any atom is 0.327 e. The van der Waals surface area contributed by atoms with Crippen molar-refractivity contribution in [1.82, 2.24) is 30.2 Å². The molecule has 0 spiro atoms. The molecule has 2 aromatic rings. The standard InChI is InChI=1S/C10H12N6O2S/c1-6-4-11-7(2)9(12-6)19-10-13-14-15-16(10)5-8(17)18-3/h4H,5H2,1-3H3. The van der Waals surface area contributed by atoms with Crippen LogP contribution in [-0.4, -0.2) is 43.3 Å². The van der Waals surface area contributed by atoms with Crippen LogP contribution >= 0.6 is 11.8 Å². The average molecular weight is 280 g/mol. The molecule has 0 atom stereocenters. The zero-order valence-corrected chi connectivity index (χ0v) is 11.5. The molecular weight excluding hydrogens is 268 g/mol. The van der Waals surface area contributed by atoms with Gasteiger partial charge in [0.2, 0.25) is 5.16 Å². The summed E-state index contributed by atoms with van der Waals surface area (Å²) in [6.45, 7) is 3.67. The van der Waals surface area contributed by atoms with E-state index in [1.165, 1.54) is 23.6 Å². The monoisotopic (exact) mass is 280 g/mol. The molecule has 8 nitrogen and oxygen atoms in total. The van der Waals surface area contributed by atoms with Gasteiger partial charge in [-0.1, -0.05) is 0 Å². The van der Waals surface area contributed by atoms with Gasteiger partial charge in [-0.2, -0.15) is 0 Å². The summed E-state index contributed by atoms with van der Waals surface area (Å²) in [6, 6.07) is 0. The second kappa shape index (κ2) is 5.74. The molecule has 2 heterocycles. The number of methoxy groups -OCH3 is 1. The van der Waals surface area contributed by atoms with E-state index in [1.807, 2.05) is 13.8 Å². The van der Waals surface area contributed by atoms with Gasteiger partial charge >= 0.3 is 5.97 Å². The van der Waals surface area contributed by atoms with Crippen LogP contribution in [0.2, 0.25) is 0 Å². The van der Waals surface area contributed by atoms with Crippen LogP contribution in [0.3, 0.4) is 0 Å². The zero-order valence-electron chi connectivity index (χ0n) is 10.7. The molecule has 0 unspecified atom stereocenters. The lowest BCUT2D eigenvalue weighted by molar-refractivity contribution is -0.141. The van der Waals surface area contributed by atoms with Crippen LogP contribution in [0.4, 0.5) is 0 Å². The lowest BCUT2D eigenvalue weighted by Gasteiger charge is -2.05. The van der Waals surface area contributed by atoms with Gasteiger partial charge in [0.25, 0.3) is 0 Å². The first-order valence-electron chi connectivity index (χ1n) is 5.41. The first-order chi connectivity index (χ1) is 9.10. The fraction of sp³-hybridized carbons (Fsp3) is 0.400. The summed E-state index contributed by atoms with van der Waals surface area (Å²) < 4.78 is 5.94. The maximum atomic E-state index is 11.2. The molecule has 0 N–H and O–H groups in total. The smallest absolute Gasteiger partial charge is 0.327 e. The Morgan fingerprint density at radius 2 is 2.26 bits per heavy atom. The lowest BCUT2D eigenvalue weighted by atomic mass is 10.4. The summed E-state index contributed by atoms with van der Waals surface area (Å²) in [6.07, 6.45) is 1.69. The molecule has 0 aliphatic rings. The molecule has 0 fully saturated rings. The molecule has 100 valence electrons. The minimum absolute atomic E-state index is 0.0376. The Balaban J connectivity index is 2.21. The quantitative estimate of drug-likeness (QED) is 0.743. The van der Waals surface area contributed by atoms with Crippen molar-refractivity contribution in [3.63, 3.8) is 0 Å². The molecule has 2 aromatic heterocycles.